The molecule has 96 valence electrons. The van der Waals surface area contributed by atoms with Crippen LogP contribution in [0, 0.1) is 0 Å². The maximum atomic E-state index is 9.90. The summed E-state index contributed by atoms with van der Waals surface area (Å²) in [5.41, 5.74) is 0.895. The molecule has 0 aliphatic carbocycles. The van der Waals surface area contributed by atoms with Gasteiger partial charge in [-0.15, -0.1) is 0 Å². The van der Waals surface area contributed by atoms with Crippen LogP contribution in [0.25, 0.3) is 0 Å². The topological polar surface area (TPSA) is 23.5 Å². The Bertz CT molecular complexity index is 363. The fourth-order valence-corrected chi connectivity index (χ4v) is 2.44. The Kier molecular flexibility index (Phi) is 5.29. The van der Waals surface area contributed by atoms with Crippen LogP contribution in [0.1, 0.15) is 45.2 Å². The summed E-state index contributed by atoms with van der Waals surface area (Å²) in [4.78, 5) is 2.30. The molecule has 0 aromatic heterocycles. The third kappa shape index (κ3) is 3.36. The van der Waals surface area contributed by atoms with E-state index in [0.29, 0.717) is 16.8 Å². The molecule has 0 fully saturated rings. The molecule has 0 aliphatic heterocycles. The highest BCUT2D eigenvalue weighted by Crippen LogP contribution is 2.31. The first-order valence-electron chi connectivity index (χ1n) is 6.21. The summed E-state index contributed by atoms with van der Waals surface area (Å²) >= 11 is 5.98. The number of hydrogen-bond donors (Lipinski definition) is 1. The number of phenolic OH excluding ortho intramolecular Hbond substituents is 1. The van der Waals surface area contributed by atoms with E-state index in [9.17, 15) is 5.11 Å². The lowest BCUT2D eigenvalue weighted by atomic mass is 10.0. The molecule has 0 saturated heterocycles. The smallest absolute Gasteiger partial charge is 0.120 e. The Morgan fingerprint density at radius 1 is 1.29 bits per heavy atom. The molecule has 1 unspecified atom stereocenters. The van der Waals surface area contributed by atoms with Crippen LogP contribution in [-0.4, -0.2) is 23.1 Å². The minimum Gasteiger partial charge on any atom is -0.508 e. The maximum absolute atomic E-state index is 9.90. The number of aromatic hydroxyl groups is 1. The number of phenols is 1. The maximum Gasteiger partial charge on any atom is 0.120 e. The van der Waals surface area contributed by atoms with Crippen LogP contribution < -0.4 is 0 Å². The second kappa shape index (κ2) is 6.27. The molecule has 1 rings (SSSR count). The molecule has 0 bridgehead atoms. The van der Waals surface area contributed by atoms with Crippen molar-refractivity contribution < 1.29 is 5.11 Å². The van der Waals surface area contributed by atoms with Gasteiger partial charge in [0.1, 0.15) is 5.75 Å². The molecule has 0 radical (unpaired) electrons. The SMILES string of the molecule is CCC(CC)N(C)C(C)c1cc(Cl)ccc1O. The van der Waals surface area contributed by atoms with E-state index in [4.69, 9.17) is 11.6 Å². The lowest BCUT2D eigenvalue weighted by Gasteiger charge is -2.32. The largest absolute Gasteiger partial charge is 0.508 e. The van der Waals surface area contributed by atoms with Crippen molar-refractivity contribution in [2.45, 2.75) is 45.7 Å². The number of benzene rings is 1. The van der Waals surface area contributed by atoms with E-state index in [1.54, 1.807) is 12.1 Å². The molecule has 0 aliphatic rings. The van der Waals surface area contributed by atoms with Gasteiger partial charge in [-0.1, -0.05) is 25.4 Å². The summed E-state index contributed by atoms with van der Waals surface area (Å²) in [6.45, 7) is 6.48. The third-order valence-electron chi connectivity index (χ3n) is 3.57. The van der Waals surface area contributed by atoms with Crippen molar-refractivity contribution in [3.05, 3.63) is 28.8 Å². The predicted molar refractivity (Wildman–Crippen MR) is 73.7 cm³/mol. The lowest BCUT2D eigenvalue weighted by molar-refractivity contribution is 0.173. The minimum atomic E-state index is 0.165. The first kappa shape index (κ1) is 14.3. The van der Waals surface area contributed by atoms with Crippen LogP contribution in [0.15, 0.2) is 18.2 Å². The number of hydrogen-bond acceptors (Lipinski definition) is 2. The van der Waals surface area contributed by atoms with Gasteiger partial charge >= 0.3 is 0 Å². The Morgan fingerprint density at radius 2 is 1.88 bits per heavy atom. The van der Waals surface area contributed by atoms with Gasteiger partial charge in [-0.25, -0.2) is 0 Å². The van der Waals surface area contributed by atoms with E-state index in [2.05, 4.69) is 32.7 Å². The van der Waals surface area contributed by atoms with Crippen LogP contribution in [0.4, 0.5) is 0 Å². The van der Waals surface area contributed by atoms with Gasteiger partial charge in [0.15, 0.2) is 0 Å². The average molecular weight is 256 g/mol. The summed E-state index contributed by atoms with van der Waals surface area (Å²) in [7, 11) is 2.10. The van der Waals surface area contributed by atoms with E-state index < -0.39 is 0 Å². The monoisotopic (exact) mass is 255 g/mol. The average Bonchev–Trinajstić information content (AvgIpc) is 2.32. The van der Waals surface area contributed by atoms with Gasteiger partial charge in [0.05, 0.1) is 0 Å². The summed E-state index contributed by atoms with van der Waals surface area (Å²) < 4.78 is 0. The van der Waals surface area contributed by atoms with Crippen molar-refractivity contribution in [2.75, 3.05) is 7.05 Å². The van der Waals surface area contributed by atoms with Crippen molar-refractivity contribution in [2.24, 2.45) is 0 Å². The third-order valence-corrected chi connectivity index (χ3v) is 3.80. The molecule has 0 amide bonds. The molecule has 0 spiro atoms. The second-order valence-electron chi connectivity index (χ2n) is 4.51. The molecule has 1 aromatic carbocycles. The molecule has 0 heterocycles. The van der Waals surface area contributed by atoms with Gasteiger partial charge in [-0.05, 0) is 45.0 Å². The van der Waals surface area contributed by atoms with Crippen molar-refractivity contribution in [3.63, 3.8) is 0 Å². The zero-order valence-electron chi connectivity index (χ0n) is 11.1. The van der Waals surface area contributed by atoms with E-state index in [0.717, 1.165) is 18.4 Å². The van der Waals surface area contributed by atoms with Crippen LogP contribution >= 0.6 is 11.6 Å². The van der Waals surface area contributed by atoms with Crippen LogP contribution in [-0.2, 0) is 0 Å². The first-order valence-corrected chi connectivity index (χ1v) is 6.59. The summed E-state index contributed by atoms with van der Waals surface area (Å²) in [6, 6.07) is 5.92. The lowest BCUT2D eigenvalue weighted by Crippen LogP contribution is -2.33. The minimum absolute atomic E-state index is 0.165. The van der Waals surface area contributed by atoms with Gasteiger partial charge in [0, 0.05) is 22.7 Å². The molecule has 1 aromatic rings. The van der Waals surface area contributed by atoms with Crippen LogP contribution in [0.5, 0.6) is 5.75 Å². The molecule has 1 atom stereocenters. The standard InChI is InChI=1S/C14H22ClNO/c1-5-12(6-2)16(4)10(3)13-9-11(15)7-8-14(13)17/h7-10,12,17H,5-6H2,1-4H3. The van der Waals surface area contributed by atoms with Crippen LogP contribution in [0.3, 0.4) is 0 Å². The van der Waals surface area contributed by atoms with E-state index in [1.165, 1.54) is 0 Å². The summed E-state index contributed by atoms with van der Waals surface area (Å²) in [5, 5.41) is 10.6. The zero-order valence-corrected chi connectivity index (χ0v) is 11.8. The van der Waals surface area contributed by atoms with E-state index in [-0.39, 0.29) is 6.04 Å². The number of halogens is 1. The highest BCUT2D eigenvalue weighted by atomic mass is 35.5. The van der Waals surface area contributed by atoms with E-state index >= 15 is 0 Å². The Morgan fingerprint density at radius 3 is 2.41 bits per heavy atom. The van der Waals surface area contributed by atoms with Crippen molar-refractivity contribution in [1.29, 1.82) is 0 Å². The van der Waals surface area contributed by atoms with Gasteiger partial charge in [0.25, 0.3) is 0 Å². The number of nitrogens with zero attached hydrogens (tertiary/aromatic N) is 1. The predicted octanol–water partition coefficient (Wildman–Crippen LogP) is 4.23. The molecule has 1 N–H and O–H groups in total. The van der Waals surface area contributed by atoms with Gasteiger partial charge in [-0.3, -0.25) is 4.90 Å². The molecule has 17 heavy (non-hydrogen) atoms. The molecule has 3 heteroatoms. The molecule has 0 saturated carbocycles. The molecule has 2 nitrogen and oxygen atoms in total. The Labute approximate surface area is 109 Å². The Hall–Kier alpha value is -0.730. The zero-order chi connectivity index (χ0) is 13.0. The van der Waals surface area contributed by atoms with Crippen LogP contribution in [0.2, 0.25) is 5.02 Å². The van der Waals surface area contributed by atoms with Gasteiger partial charge in [-0.2, -0.15) is 0 Å². The summed E-state index contributed by atoms with van der Waals surface area (Å²) in [5.74, 6) is 0.319. The normalized spacial score (nSPS) is 13.4. The fourth-order valence-electron chi connectivity index (χ4n) is 2.26. The highest BCUT2D eigenvalue weighted by molar-refractivity contribution is 6.30. The highest BCUT2D eigenvalue weighted by Gasteiger charge is 2.20. The molecular formula is C14H22ClNO. The van der Waals surface area contributed by atoms with E-state index in [1.807, 2.05) is 6.07 Å². The Balaban J connectivity index is 2.94. The fraction of sp³-hybridized carbons (Fsp3) is 0.571. The quantitative estimate of drug-likeness (QED) is 0.851. The van der Waals surface area contributed by atoms with Crippen molar-refractivity contribution in [1.82, 2.24) is 4.90 Å². The van der Waals surface area contributed by atoms with Gasteiger partial charge in [0.2, 0.25) is 0 Å². The first-order chi connectivity index (χ1) is 8.01. The van der Waals surface area contributed by atoms with Crippen molar-refractivity contribution >= 4 is 11.6 Å². The summed E-state index contributed by atoms with van der Waals surface area (Å²) in [6.07, 6.45) is 2.22. The molecular weight excluding hydrogens is 234 g/mol. The number of rotatable bonds is 5. The van der Waals surface area contributed by atoms with Crippen molar-refractivity contribution in [3.8, 4) is 5.75 Å². The van der Waals surface area contributed by atoms with Gasteiger partial charge < -0.3 is 5.11 Å². The second-order valence-corrected chi connectivity index (χ2v) is 4.95.